The number of hydrogen-bond acceptors (Lipinski definition) is 5. The second-order valence-corrected chi connectivity index (χ2v) is 4.27. The SMILES string of the molecule is COc1ccc(Nc2cccc(C(=O)O)c2N)cc1OC. The van der Waals surface area contributed by atoms with Crippen LogP contribution in [0.2, 0.25) is 0 Å². The Labute approximate surface area is 122 Å². The van der Waals surface area contributed by atoms with Gasteiger partial charge < -0.3 is 25.6 Å². The standard InChI is InChI=1S/C15H16N2O4/c1-20-12-7-6-9(8-13(12)21-2)17-11-5-3-4-10(14(11)16)15(18)19/h3-8,17H,16H2,1-2H3,(H,18,19). The molecule has 0 bridgehead atoms. The zero-order valence-corrected chi connectivity index (χ0v) is 11.7. The molecule has 6 heteroatoms. The smallest absolute Gasteiger partial charge is 0.337 e. The number of benzene rings is 2. The van der Waals surface area contributed by atoms with Gasteiger partial charge in [-0.15, -0.1) is 0 Å². The number of hydrogen-bond donors (Lipinski definition) is 3. The Morgan fingerprint density at radius 1 is 1.14 bits per heavy atom. The third kappa shape index (κ3) is 3.00. The van der Waals surface area contributed by atoms with Crippen LogP contribution in [0.3, 0.4) is 0 Å². The summed E-state index contributed by atoms with van der Waals surface area (Å²) in [6, 6.07) is 10.1. The number of methoxy groups -OCH3 is 2. The maximum Gasteiger partial charge on any atom is 0.337 e. The summed E-state index contributed by atoms with van der Waals surface area (Å²) in [7, 11) is 3.10. The van der Waals surface area contributed by atoms with E-state index in [1.807, 2.05) is 0 Å². The number of carboxylic acids is 1. The highest BCUT2D eigenvalue weighted by molar-refractivity contribution is 5.97. The number of aromatic carboxylic acids is 1. The lowest BCUT2D eigenvalue weighted by atomic mass is 10.1. The van der Waals surface area contributed by atoms with Crippen LogP contribution < -0.4 is 20.5 Å². The van der Waals surface area contributed by atoms with Crippen molar-refractivity contribution < 1.29 is 19.4 Å². The van der Waals surface area contributed by atoms with Gasteiger partial charge in [0.25, 0.3) is 0 Å². The van der Waals surface area contributed by atoms with Gasteiger partial charge in [0, 0.05) is 11.8 Å². The van der Waals surface area contributed by atoms with E-state index < -0.39 is 5.97 Å². The molecule has 0 aliphatic heterocycles. The van der Waals surface area contributed by atoms with Gasteiger partial charge in [-0.25, -0.2) is 4.79 Å². The lowest BCUT2D eigenvalue weighted by Gasteiger charge is -2.13. The van der Waals surface area contributed by atoms with Crippen molar-refractivity contribution in [2.24, 2.45) is 0 Å². The normalized spacial score (nSPS) is 10.0. The molecule has 0 saturated carbocycles. The first kappa shape index (κ1) is 14.5. The van der Waals surface area contributed by atoms with E-state index in [0.717, 1.165) is 0 Å². The van der Waals surface area contributed by atoms with Crippen molar-refractivity contribution in [2.45, 2.75) is 0 Å². The fourth-order valence-electron chi connectivity index (χ4n) is 1.93. The van der Waals surface area contributed by atoms with E-state index in [2.05, 4.69) is 5.32 Å². The van der Waals surface area contributed by atoms with Crippen LogP contribution in [0, 0.1) is 0 Å². The summed E-state index contributed by atoms with van der Waals surface area (Å²) in [5, 5.41) is 12.1. The summed E-state index contributed by atoms with van der Waals surface area (Å²) < 4.78 is 10.4. The molecule has 0 aromatic heterocycles. The van der Waals surface area contributed by atoms with Gasteiger partial charge in [-0.05, 0) is 24.3 Å². The summed E-state index contributed by atoms with van der Waals surface area (Å²) in [4.78, 5) is 11.1. The molecule has 0 aliphatic rings. The van der Waals surface area contributed by atoms with Crippen molar-refractivity contribution in [3.05, 3.63) is 42.0 Å². The molecule has 2 aromatic rings. The molecule has 4 N–H and O–H groups in total. The van der Waals surface area contributed by atoms with Gasteiger partial charge in [0.1, 0.15) is 0 Å². The lowest BCUT2D eigenvalue weighted by Crippen LogP contribution is -2.05. The average Bonchev–Trinajstić information content (AvgIpc) is 2.48. The van der Waals surface area contributed by atoms with Gasteiger partial charge in [0.2, 0.25) is 0 Å². The number of nitrogen functional groups attached to an aromatic ring is 1. The molecule has 0 unspecified atom stereocenters. The fourth-order valence-corrected chi connectivity index (χ4v) is 1.93. The van der Waals surface area contributed by atoms with E-state index in [0.29, 0.717) is 22.9 Å². The van der Waals surface area contributed by atoms with Crippen LogP contribution in [-0.4, -0.2) is 25.3 Å². The molecular formula is C15H16N2O4. The maximum atomic E-state index is 11.1. The largest absolute Gasteiger partial charge is 0.493 e. The third-order valence-corrected chi connectivity index (χ3v) is 3.00. The minimum Gasteiger partial charge on any atom is -0.493 e. The molecule has 2 aromatic carbocycles. The van der Waals surface area contributed by atoms with Gasteiger partial charge in [-0.2, -0.15) is 0 Å². The number of ether oxygens (including phenoxy) is 2. The second-order valence-electron chi connectivity index (χ2n) is 4.27. The zero-order valence-electron chi connectivity index (χ0n) is 11.7. The Bertz CT molecular complexity index is 671. The molecule has 0 amide bonds. The molecule has 0 fully saturated rings. The van der Waals surface area contributed by atoms with E-state index in [1.165, 1.54) is 6.07 Å². The number of carbonyl (C=O) groups is 1. The van der Waals surface area contributed by atoms with Gasteiger partial charge in [0.05, 0.1) is 31.2 Å². The topological polar surface area (TPSA) is 93.8 Å². The molecule has 2 rings (SSSR count). The summed E-state index contributed by atoms with van der Waals surface area (Å²) in [5.74, 6) is 0.106. The molecule has 21 heavy (non-hydrogen) atoms. The van der Waals surface area contributed by atoms with E-state index in [-0.39, 0.29) is 11.3 Å². The zero-order chi connectivity index (χ0) is 15.4. The number of nitrogens with one attached hydrogen (secondary N) is 1. The number of anilines is 3. The first-order valence-corrected chi connectivity index (χ1v) is 6.17. The van der Waals surface area contributed by atoms with Crippen molar-refractivity contribution in [1.29, 1.82) is 0 Å². The Balaban J connectivity index is 2.34. The highest BCUT2D eigenvalue weighted by atomic mass is 16.5. The molecule has 0 spiro atoms. The van der Waals surface area contributed by atoms with Crippen LogP contribution in [0.15, 0.2) is 36.4 Å². The molecule has 0 saturated heterocycles. The van der Waals surface area contributed by atoms with Gasteiger partial charge in [-0.1, -0.05) is 6.07 Å². The highest BCUT2D eigenvalue weighted by Gasteiger charge is 2.12. The minimum atomic E-state index is -1.07. The number of rotatable bonds is 5. The first-order valence-electron chi connectivity index (χ1n) is 6.17. The summed E-state index contributed by atoms with van der Waals surface area (Å²) in [5.41, 5.74) is 7.32. The quantitative estimate of drug-likeness (QED) is 0.732. The van der Waals surface area contributed by atoms with Crippen molar-refractivity contribution in [1.82, 2.24) is 0 Å². The summed E-state index contributed by atoms with van der Waals surface area (Å²) >= 11 is 0. The number of para-hydroxylation sites is 1. The molecule has 0 radical (unpaired) electrons. The van der Waals surface area contributed by atoms with E-state index >= 15 is 0 Å². The van der Waals surface area contributed by atoms with Gasteiger partial charge in [-0.3, -0.25) is 0 Å². The summed E-state index contributed by atoms with van der Waals surface area (Å²) in [6.45, 7) is 0. The summed E-state index contributed by atoms with van der Waals surface area (Å²) in [6.07, 6.45) is 0. The van der Waals surface area contributed by atoms with E-state index in [9.17, 15) is 4.79 Å². The molecular weight excluding hydrogens is 272 g/mol. The average molecular weight is 288 g/mol. The van der Waals surface area contributed by atoms with Crippen molar-refractivity contribution in [2.75, 3.05) is 25.3 Å². The third-order valence-electron chi connectivity index (χ3n) is 3.00. The van der Waals surface area contributed by atoms with Crippen LogP contribution in [-0.2, 0) is 0 Å². The maximum absolute atomic E-state index is 11.1. The predicted octanol–water partition coefficient (Wildman–Crippen LogP) is 2.73. The number of carboxylic acid groups (broad SMARTS) is 1. The van der Waals surface area contributed by atoms with Gasteiger partial charge in [0.15, 0.2) is 11.5 Å². The molecule has 0 aliphatic carbocycles. The van der Waals surface area contributed by atoms with Crippen molar-refractivity contribution in [3.8, 4) is 11.5 Å². The van der Waals surface area contributed by atoms with Crippen molar-refractivity contribution >= 4 is 23.0 Å². The van der Waals surface area contributed by atoms with Crippen LogP contribution in [0.4, 0.5) is 17.1 Å². The Morgan fingerprint density at radius 2 is 1.86 bits per heavy atom. The fraction of sp³-hybridized carbons (Fsp3) is 0.133. The van der Waals surface area contributed by atoms with Gasteiger partial charge >= 0.3 is 5.97 Å². The Morgan fingerprint density at radius 3 is 2.48 bits per heavy atom. The monoisotopic (exact) mass is 288 g/mol. The Hall–Kier alpha value is -2.89. The second kappa shape index (κ2) is 6.04. The van der Waals surface area contributed by atoms with E-state index in [4.69, 9.17) is 20.3 Å². The number of nitrogens with two attached hydrogens (primary N) is 1. The Kier molecular flexibility index (Phi) is 4.18. The first-order chi connectivity index (χ1) is 10.1. The van der Waals surface area contributed by atoms with Crippen molar-refractivity contribution in [3.63, 3.8) is 0 Å². The lowest BCUT2D eigenvalue weighted by molar-refractivity contribution is 0.0698. The molecule has 110 valence electrons. The van der Waals surface area contributed by atoms with Crippen LogP contribution in [0.5, 0.6) is 11.5 Å². The minimum absolute atomic E-state index is 0.0560. The van der Waals surface area contributed by atoms with Crippen LogP contribution >= 0.6 is 0 Å². The van der Waals surface area contributed by atoms with E-state index in [1.54, 1.807) is 44.6 Å². The molecule has 6 nitrogen and oxygen atoms in total. The van der Waals surface area contributed by atoms with Crippen LogP contribution in [0.1, 0.15) is 10.4 Å². The predicted molar refractivity (Wildman–Crippen MR) is 80.6 cm³/mol. The van der Waals surface area contributed by atoms with Crippen LogP contribution in [0.25, 0.3) is 0 Å². The molecule has 0 heterocycles. The highest BCUT2D eigenvalue weighted by Crippen LogP contribution is 2.33. The molecule has 0 atom stereocenters.